The lowest BCUT2D eigenvalue weighted by Crippen LogP contribution is -2.60. The topological polar surface area (TPSA) is 107 Å². The lowest BCUT2D eigenvalue weighted by Gasteiger charge is -2.51. The normalized spacial score (nSPS) is 25.1. The van der Waals surface area contributed by atoms with E-state index in [-0.39, 0.29) is 37.8 Å². The molecule has 0 bridgehead atoms. The van der Waals surface area contributed by atoms with Crippen molar-refractivity contribution in [1.82, 2.24) is 10.2 Å². The average molecular weight is 605 g/mol. The van der Waals surface area contributed by atoms with E-state index in [1.54, 1.807) is 4.90 Å². The van der Waals surface area contributed by atoms with Gasteiger partial charge in [0.25, 0.3) is 0 Å². The van der Waals surface area contributed by atoms with Gasteiger partial charge in [-0.2, -0.15) is 0 Å². The van der Waals surface area contributed by atoms with E-state index in [1.165, 1.54) is 19.1 Å². The lowest BCUT2D eigenvalue weighted by atomic mass is 9.66. The van der Waals surface area contributed by atoms with Crippen LogP contribution in [0.15, 0.2) is 70.3 Å². The summed E-state index contributed by atoms with van der Waals surface area (Å²) in [6.45, 7) is 5.03. The minimum Gasteiger partial charge on any atom is -0.468 e. The summed E-state index contributed by atoms with van der Waals surface area (Å²) in [5.74, 6) is -0.229. The third-order valence-corrected chi connectivity index (χ3v) is 9.02. The summed E-state index contributed by atoms with van der Waals surface area (Å²) in [7, 11) is 1.36. The number of aryl methyl sites for hydroxylation is 1. The number of hydrogen-bond donors (Lipinski definition) is 1. The standard InChI is InChI=1S/C35H44N2O7/c1-24-14-15-29(43-24)21-36-32(38)18-28-20-35(34(40)41-3)25(2)44-30(23-42-22-27-12-8-5-9-13-27)19-31(35)37(33(28)39)17-16-26-10-6-4-7-11-26/h5,8-10,12-15,19,25,28,30H,4,6-7,11,16-18,20-23H2,1-3H3,(H,36,38)/t25-,28+,30-,35+/m1/s1. The van der Waals surface area contributed by atoms with E-state index in [4.69, 9.17) is 18.6 Å². The largest absolute Gasteiger partial charge is 0.468 e. The highest BCUT2D eigenvalue weighted by atomic mass is 16.6. The van der Waals surface area contributed by atoms with Crippen LogP contribution < -0.4 is 5.32 Å². The zero-order valence-corrected chi connectivity index (χ0v) is 26.0. The molecule has 1 N–H and O–H groups in total. The fourth-order valence-electron chi connectivity index (χ4n) is 6.70. The Kier molecular flexibility index (Phi) is 10.4. The number of allylic oxidation sites excluding steroid dienone is 1. The molecule has 236 valence electrons. The molecule has 0 radical (unpaired) electrons. The van der Waals surface area contributed by atoms with Gasteiger partial charge in [0, 0.05) is 24.6 Å². The number of methoxy groups -OCH3 is 1. The van der Waals surface area contributed by atoms with Crippen LogP contribution in [0.5, 0.6) is 0 Å². The molecule has 0 spiro atoms. The Labute approximate surface area is 259 Å². The van der Waals surface area contributed by atoms with Crippen molar-refractivity contribution in [2.45, 2.75) is 84.2 Å². The van der Waals surface area contributed by atoms with Crippen LogP contribution in [0.25, 0.3) is 0 Å². The summed E-state index contributed by atoms with van der Waals surface area (Å²) >= 11 is 0. The lowest BCUT2D eigenvalue weighted by molar-refractivity contribution is -0.178. The Bertz CT molecular complexity index is 1380. The van der Waals surface area contributed by atoms with Gasteiger partial charge in [-0.1, -0.05) is 42.0 Å². The van der Waals surface area contributed by atoms with Crippen LogP contribution in [-0.2, 0) is 41.7 Å². The van der Waals surface area contributed by atoms with Gasteiger partial charge < -0.3 is 28.8 Å². The number of carbonyl (C=O) groups excluding carboxylic acids is 3. The Morgan fingerprint density at radius 2 is 1.95 bits per heavy atom. The smallest absolute Gasteiger partial charge is 0.320 e. The van der Waals surface area contributed by atoms with Crippen molar-refractivity contribution in [3.05, 3.63) is 83.0 Å². The molecule has 1 aromatic carbocycles. The number of likely N-dealkylation sites (tertiary alicyclic amines) is 1. The first-order chi connectivity index (χ1) is 21.3. The van der Waals surface area contributed by atoms with Crippen LogP contribution in [0.4, 0.5) is 0 Å². The Morgan fingerprint density at radius 1 is 1.14 bits per heavy atom. The number of piperidine rings is 1. The molecule has 2 aromatic rings. The van der Waals surface area contributed by atoms with Crippen LogP contribution in [0.1, 0.15) is 69.0 Å². The first-order valence-corrected chi connectivity index (χ1v) is 15.7. The zero-order chi connectivity index (χ0) is 31.1. The van der Waals surface area contributed by atoms with Crippen molar-refractivity contribution in [2.24, 2.45) is 11.3 Å². The van der Waals surface area contributed by atoms with Crippen LogP contribution in [0, 0.1) is 18.3 Å². The molecule has 4 atom stereocenters. The maximum Gasteiger partial charge on any atom is 0.320 e. The summed E-state index contributed by atoms with van der Waals surface area (Å²) in [4.78, 5) is 42.7. The van der Waals surface area contributed by atoms with Gasteiger partial charge in [0.15, 0.2) is 0 Å². The van der Waals surface area contributed by atoms with Gasteiger partial charge in [-0.3, -0.25) is 14.4 Å². The van der Waals surface area contributed by atoms with Gasteiger partial charge >= 0.3 is 5.97 Å². The summed E-state index contributed by atoms with van der Waals surface area (Å²) in [5, 5.41) is 2.87. The predicted octanol–water partition coefficient (Wildman–Crippen LogP) is 5.38. The van der Waals surface area contributed by atoms with Gasteiger partial charge in [0.1, 0.15) is 23.0 Å². The molecule has 5 rings (SSSR count). The number of esters is 1. The van der Waals surface area contributed by atoms with Crippen molar-refractivity contribution in [3.63, 3.8) is 0 Å². The second-order valence-corrected chi connectivity index (χ2v) is 12.1. The number of fused-ring (bicyclic) bond motifs is 1. The summed E-state index contributed by atoms with van der Waals surface area (Å²) in [6, 6.07) is 13.5. The number of hydrogen-bond acceptors (Lipinski definition) is 7. The number of rotatable bonds is 12. The van der Waals surface area contributed by atoms with Gasteiger partial charge in [-0.15, -0.1) is 0 Å². The maximum atomic E-state index is 14.2. The monoisotopic (exact) mass is 604 g/mol. The third-order valence-electron chi connectivity index (χ3n) is 9.02. The van der Waals surface area contributed by atoms with Crippen LogP contribution in [0.3, 0.4) is 0 Å². The molecule has 2 aliphatic heterocycles. The summed E-state index contributed by atoms with van der Waals surface area (Å²) in [5.41, 5.74) is 1.74. The van der Waals surface area contributed by atoms with Crippen molar-refractivity contribution in [3.8, 4) is 0 Å². The minimum absolute atomic E-state index is 0.0555. The molecule has 9 heteroatoms. The van der Waals surface area contributed by atoms with E-state index in [0.717, 1.165) is 30.6 Å². The molecule has 1 fully saturated rings. The van der Waals surface area contributed by atoms with Gasteiger partial charge in [0.05, 0.1) is 33.0 Å². The van der Waals surface area contributed by atoms with E-state index in [0.29, 0.717) is 31.0 Å². The third kappa shape index (κ3) is 7.16. The molecule has 9 nitrogen and oxygen atoms in total. The number of nitrogens with one attached hydrogen (secondary N) is 1. The Hall–Kier alpha value is -3.69. The summed E-state index contributed by atoms with van der Waals surface area (Å²) < 4.78 is 23.3. The first kappa shape index (κ1) is 31.7. The van der Waals surface area contributed by atoms with Crippen LogP contribution >= 0.6 is 0 Å². The van der Waals surface area contributed by atoms with Gasteiger partial charge in [-0.05, 0) is 76.1 Å². The molecule has 0 unspecified atom stereocenters. The Balaban J connectivity index is 1.39. The quantitative estimate of drug-likeness (QED) is 0.256. The SMILES string of the molecule is COC(=O)[C@]12C[C@H](CC(=O)NCc3ccc(C)o3)C(=O)N(CCC3=CCCCC3)C1=C[C@H](COCc1ccccc1)O[C@@H]2C. The zero-order valence-electron chi connectivity index (χ0n) is 26.0. The fourth-order valence-corrected chi connectivity index (χ4v) is 6.70. The summed E-state index contributed by atoms with van der Waals surface area (Å²) in [6.07, 6.45) is 8.22. The molecule has 44 heavy (non-hydrogen) atoms. The average Bonchev–Trinajstić information content (AvgIpc) is 3.46. The van der Waals surface area contributed by atoms with E-state index in [9.17, 15) is 14.4 Å². The number of furan rings is 1. The molecule has 3 aliphatic rings. The molecular weight excluding hydrogens is 560 g/mol. The van der Waals surface area contributed by atoms with Gasteiger partial charge in [-0.25, -0.2) is 0 Å². The van der Waals surface area contributed by atoms with Crippen molar-refractivity contribution in [1.29, 1.82) is 0 Å². The van der Waals surface area contributed by atoms with Crippen molar-refractivity contribution in [2.75, 3.05) is 20.3 Å². The maximum absolute atomic E-state index is 14.2. The molecule has 1 saturated heterocycles. The van der Waals surface area contributed by atoms with Crippen LogP contribution in [-0.4, -0.2) is 55.2 Å². The fraction of sp³-hybridized carbons (Fsp3) is 0.514. The predicted molar refractivity (Wildman–Crippen MR) is 164 cm³/mol. The van der Waals surface area contributed by atoms with Crippen LogP contribution in [0.2, 0.25) is 0 Å². The Morgan fingerprint density at radius 3 is 2.66 bits per heavy atom. The van der Waals surface area contributed by atoms with E-state index >= 15 is 0 Å². The second kappa shape index (κ2) is 14.4. The van der Waals surface area contributed by atoms with E-state index < -0.39 is 29.5 Å². The minimum atomic E-state index is -1.23. The number of ether oxygens (including phenoxy) is 3. The number of benzene rings is 1. The molecule has 3 heterocycles. The molecule has 1 aliphatic carbocycles. The molecule has 1 aromatic heterocycles. The highest BCUT2D eigenvalue weighted by Gasteiger charge is 2.59. The second-order valence-electron chi connectivity index (χ2n) is 12.1. The van der Waals surface area contributed by atoms with Gasteiger partial charge in [0.2, 0.25) is 11.8 Å². The van der Waals surface area contributed by atoms with Crippen molar-refractivity contribution >= 4 is 17.8 Å². The molecule has 2 amide bonds. The highest BCUT2D eigenvalue weighted by Crippen LogP contribution is 2.50. The highest BCUT2D eigenvalue weighted by molar-refractivity contribution is 5.92. The number of amides is 2. The van der Waals surface area contributed by atoms with E-state index in [1.807, 2.05) is 62.4 Å². The van der Waals surface area contributed by atoms with E-state index in [2.05, 4.69) is 11.4 Å². The number of nitrogens with zero attached hydrogens (tertiary/aromatic N) is 1. The van der Waals surface area contributed by atoms with Crippen molar-refractivity contribution < 1.29 is 33.0 Å². The molecule has 0 saturated carbocycles. The molecular formula is C35H44N2O7. The number of carbonyl (C=O) groups is 3. The first-order valence-electron chi connectivity index (χ1n) is 15.7.